The number of anilines is 1. The van der Waals surface area contributed by atoms with Gasteiger partial charge in [0.05, 0.1) is 17.2 Å². The Morgan fingerprint density at radius 2 is 1.90 bits per heavy atom. The number of halogens is 3. The number of aliphatic hydroxyl groups is 1. The molecule has 0 radical (unpaired) electrons. The van der Waals surface area contributed by atoms with E-state index in [1.807, 2.05) is 0 Å². The Labute approximate surface area is 127 Å². The van der Waals surface area contributed by atoms with Crippen LogP contribution in [0.1, 0.15) is 18.1 Å². The predicted octanol–water partition coefficient (Wildman–Crippen LogP) is 4.25. The summed E-state index contributed by atoms with van der Waals surface area (Å²) in [5, 5.41) is 12.8. The SMILES string of the molecule is Cc1cc(F)cc(NC(C)(CO)c2ccc(F)c(Cl)c2)c1. The second-order valence-corrected chi connectivity index (χ2v) is 5.67. The minimum atomic E-state index is -0.905. The van der Waals surface area contributed by atoms with Gasteiger partial charge in [0.2, 0.25) is 0 Å². The summed E-state index contributed by atoms with van der Waals surface area (Å²) in [4.78, 5) is 0. The average molecular weight is 312 g/mol. The molecule has 2 aromatic rings. The highest BCUT2D eigenvalue weighted by Gasteiger charge is 2.26. The van der Waals surface area contributed by atoms with Crippen molar-refractivity contribution in [3.8, 4) is 0 Å². The highest BCUT2D eigenvalue weighted by atomic mass is 35.5. The second-order valence-electron chi connectivity index (χ2n) is 5.26. The van der Waals surface area contributed by atoms with Crippen molar-refractivity contribution < 1.29 is 13.9 Å². The molecule has 0 aliphatic rings. The summed E-state index contributed by atoms with van der Waals surface area (Å²) in [6.07, 6.45) is 0. The van der Waals surface area contributed by atoms with E-state index in [0.717, 1.165) is 5.56 Å². The Balaban J connectivity index is 2.38. The normalized spacial score (nSPS) is 13.8. The third-order valence-electron chi connectivity index (χ3n) is 3.34. The molecule has 0 saturated heterocycles. The number of aliphatic hydroxyl groups excluding tert-OH is 1. The summed E-state index contributed by atoms with van der Waals surface area (Å²) in [7, 11) is 0. The Morgan fingerprint density at radius 1 is 1.19 bits per heavy atom. The number of nitrogens with one attached hydrogen (secondary N) is 1. The van der Waals surface area contributed by atoms with Gasteiger partial charge in [-0.05, 0) is 55.3 Å². The largest absolute Gasteiger partial charge is 0.394 e. The van der Waals surface area contributed by atoms with Crippen LogP contribution in [0.15, 0.2) is 36.4 Å². The van der Waals surface area contributed by atoms with Crippen LogP contribution in [0, 0.1) is 18.6 Å². The Bertz CT molecular complexity index is 642. The van der Waals surface area contributed by atoms with Crippen LogP contribution in [0.25, 0.3) is 0 Å². The third-order valence-corrected chi connectivity index (χ3v) is 3.62. The van der Waals surface area contributed by atoms with Crippen molar-refractivity contribution in [1.29, 1.82) is 0 Å². The van der Waals surface area contributed by atoms with Crippen molar-refractivity contribution in [2.24, 2.45) is 0 Å². The molecule has 0 saturated carbocycles. The minimum Gasteiger partial charge on any atom is -0.394 e. The first-order valence-electron chi connectivity index (χ1n) is 6.46. The lowest BCUT2D eigenvalue weighted by atomic mass is 9.92. The quantitative estimate of drug-likeness (QED) is 0.885. The van der Waals surface area contributed by atoms with E-state index in [1.54, 1.807) is 19.9 Å². The summed E-state index contributed by atoms with van der Waals surface area (Å²) in [6, 6.07) is 8.75. The van der Waals surface area contributed by atoms with E-state index in [9.17, 15) is 13.9 Å². The van der Waals surface area contributed by atoms with Gasteiger partial charge >= 0.3 is 0 Å². The molecule has 2 nitrogen and oxygen atoms in total. The molecule has 0 amide bonds. The van der Waals surface area contributed by atoms with E-state index in [2.05, 4.69) is 5.32 Å². The van der Waals surface area contributed by atoms with Crippen molar-refractivity contribution >= 4 is 17.3 Å². The van der Waals surface area contributed by atoms with E-state index >= 15 is 0 Å². The molecule has 2 rings (SSSR count). The fourth-order valence-electron chi connectivity index (χ4n) is 2.17. The summed E-state index contributed by atoms with van der Waals surface area (Å²) in [5.41, 5.74) is 0.996. The van der Waals surface area contributed by atoms with Gasteiger partial charge in [-0.25, -0.2) is 8.78 Å². The van der Waals surface area contributed by atoms with Crippen LogP contribution in [0.3, 0.4) is 0 Å². The predicted molar refractivity (Wildman–Crippen MR) is 80.6 cm³/mol. The van der Waals surface area contributed by atoms with Gasteiger partial charge in [-0.2, -0.15) is 0 Å². The molecular weight excluding hydrogens is 296 g/mol. The van der Waals surface area contributed by atoms with Crippen LogP contribution in [-0.2, 0) is 5.54 Å². The molecule has 0 aliphatic heterocycles. The smallest absolute Gasteiger partial charge is 0.141 e. The van der Waals surface area contributed by atoms with Gasteiger partial charge in [-0.3, -0.25) is 0 Å². The van der Waals surface area contributed by atoms with Gasteiger partial charge in [-0.1, -0.05) is 17.7 Å². The molecule has 21 heavy (non-hydrogen) atoms. The highest BCUT2D eigenvalue weighted by molar-refractivity contribution is 6.30. The van der Waals surface area contributed by atoms with Gasteiger partial charge in [0.25, 0.3) is 0 Å². The van der Waals surface area contributed by atoms with Gasteiger partial charge < -0.3 is 10.4 Å². The lowest BCUT2D eigenvalue weighted by Gasteiger charge is -2.31. The monoisotopic (exact) mass is 311 g/mol. The molecule has 112 valence electrons. The first-order valence-corrected chi connectivity index (χ1v) is 6.83. The van der Waals surface area contributed by atoms with E-state index < -0.39 is 11.4 Å². The van der Waals surface area contributed by atoms with Crippen LogP contribution in [0.5, 0.6) is 0 Å². The van der Waals surface area contributed by atoms with E-state index in [1.165, 1.54) is 30.3 Å². The van der Waals surface area contributed by atoms with Gasteiger partial charge in [0, 0.05) is 5.69 Å². The van der Waals surface area contributed by atoms with Gasteiger partial charge in [0.15, 0.2) is 0 Å². The summed E-state index contributed by atoms with van der Waals surface area (Å²) in [6.45, 7) is 3.25. The Kier molecular flexibility index (Phi) is 4.49. The van der Waals surface area contributed by atoms with Crippen molar-refractivity contribution in [2.45, 2.75) is 19.4 Å². The Hall–Kier alpha value is -1.65. The molecule has 0 bridgehead atoms. The van der Waals surface area contributed by atoms with E-state index in [4.69, 9.17) is 11.6 Å². The zero-order valence-electron chi connectivity index (χ0n) is 11.8. The maximum absolute atomic E-state index is 13.5. The van der Waals surface area contributed by atoms with E-state index in [-0.39, 0.29) is 17.4 Å². The van der Waals surface area contributed by atoms with Crippen LogP contribution in [-0.4, -0.2) is 11.7 Å². The third kappa shape index (κ3) is 3.52. The molecular formula is C16H16ClF2NO. The van der Waals surface area contributed by atoms with Crippen LogP contribution in [0.2, 0.25) is 5.02 Å². The van der Waals surface area contributed by atoms with Crippen LogP contribution >= 0.6 is 11.6 Å². The summed E-state index contributed by atoms with van der Waals surface area (Å²) in [5.74, 6) is -0.891. The molecule has 0 heterocycles. The molecule has 1 atom stereocenters. The van der Waals surface area contributed by atoms with Crippen molar-refractivity contribution in [3.05, 3.63) is 64.2 Å². The topological polar surface area (TPSA) is 32.3 Å². The summed E-state index contributed by atoms with van der Waals surface area (Å²) < 4.78 is 26.7. The zero-order chi connectivity index (χ0) is 15.6. The summed E-state index contributed by atoms with van der Waals surface area (Å²) >= 11 is 5.79. The minimum absolute atomic E-state index is 0.0237. The molecule has 0 aliphatic carbocycles. The maximum Gasteiger partial charge on any atom is 0.141 e. The molecule has 2 aromatic carbocycles. The lowest BCUT2D eigenvalue weighted by Crippen LogP contribution is -2.36. The van der Waals surface area contributed by atoms with E-state index in [0.29, 0.717) is 11.3 Å². The van der Waals surface area contributed by atoms with Gasteiger partial charge in [0.1, 0.15) is 11.6 Å². The first-order chi connectivity index (χ1) is 9.84. The molecule has 5 heteroatoms. The number of hydrogen-bond acceptors (Lipinski definition) is 2. The maximum atomic E-state index is 13.5. The Morgan fingerprint density at radius 3 is 2.48 bits per heavy atom. The zero-order valence-corrected chi connectivity index (χ0v) is 12.5. The van der Waals surface area contributed by atoms with Crippen LogP contribution < -0.4 is 5.32 Å². The molecule has 2 N–H and O–H groups in total. The molecule has 1 unspecified atom stereocenters. The molecule has 0 fully saturated rings. The lowest BCUT2D eigenvalue weighted by molar-refractivity contribution is 0.224. The number of benzene rings is 2. The number of aryl methyl sites for hydroxylation is 1. The van der Waals surface area contributed by atoms with Crippen LogP contribution in [0.4, 0.5) is 14.5 Å². The second kappa shape index (κ2) is 6.00. The van der Waals surface area contributed by atoms with Crippen molar-refractivity contribution in [2.75, 3.05) is 11.9 Å². The fraction of sp³-hybridized carbons (Fsp3) is 0.250. The van der Waals surface area contributed by atoms with Gasteiger partial charge in [-0.15, -0.1) is 0 Å². The number of hydrogen-bond donors (Lipinski definition) is 2. The average Bonchev–Trinajstić information content (AvgIpc) is 2.40. The molecule has 0 aromatic heterocycles. The van der Waals surface area contributed by atoms with Crippen molar-refractivity contribution in [1.82, 2.24) is 0 Å². The molecule has 0 spiro atoms. The first kappa shape index (κ1) is 15.7. The highest BCUT2D eigenvalue weighted by Crippen LogP contribution is 2.29. The fourth-order valence-corrected chi connectivity index (χ4v) is 2.35. The standard InChI is InChI=1S/C16H16ClF2NO/c1-10-5-12(18)8-13(6-10)20-16(2,9-21)11-3-4-15(19)14(17)7-11/h3-8,20-21H,9H2,1-2H3. The van der Waals surface area contributed by atoms with Crippen molar-refractivity contribution in [3.63, 3.8) is 0 Å². The number of rotatable bonds is 4.